The number of aryl methyl sites for hydroxylation is 1. The molecule has 0 radical (unpaired) electrons. The normalized spacial score (nSPS) is 25.0. The summed E-state index contributed by atoms with van der Waals surface area (Å²) in [7, 11) is 0. The third kappa shape index (κ3) is 1.53. The van der Waals surface area contributed by atoms with Crippen LogP contribution in [0.5, 0.6) is 0 Å². The van der Waals surface area contributed by atoms with E-state index in [1.54, 1.807) is 10.9 Å². The van der Waals surface area contributed by atoms with Crippen LogP contribution in [0.15, 0.2) is 6.20 Å². The van der Waals surface area contributed by atoms with Gasteiger partial charge in [0.25, 0.3) is 0 Å². The van der Waals surface area contributed by atoms with Crippen molar-refractivity contribution in [3.63, 3.8) is 0 Å². The molecule has 2 unspecified atom stereocenters. The van der Waals surface area contributed by atoms with Gasteiger partial charge in [-0.15, -0.1) is 0 Å². The van der Waals surface area contributed by atoms with Crippen molar-refractivity contribution in [1.82, 2.24) is 9.78 Å². The molecule has 1 N–H and O–H groups in total. The van der Waals surface area contributed by atoms with Crippen LogP contribution >= 0.6 is 0 Å². The highest BCUT2D eigenvalue weighted by molar-refractivity contribution is 5.33. The lowest BCUT2D eigenvalue weighted by molar-refractivity contribution is 0.0473. The lowest BCUT2D eigenvalue weighted by Crippen LogP contribution is -2.28. The molecule has 80 valence electrons. The molecule has 1 aliphatic rings. The fourth-order valence-electron chi connectivity index (χ4n) is 2.30. The van der Waals surface area contributed by atoms with Crippen LogP contribution in [0.25, 0.3) is 0 Å². The highest BCUT2D eigenvalue weighted by Gasteiger charge is 2.32. The number of nitriles is 1. The van der Waals surface area contributed by atoms with E-state index in [1.165, 1.54) is 0 Å². The first-order valence-electron chi connectivity index (χ1n) is 5.29. The maximum absolute atomic E-state index is 10.2. The van der Waals surface area contributed by atoms with Gasteiger partial charge in [0.15, 0.2) is 0 Å². The standard InChI is InChI=1S/C11H15N3O/c1-7(2)9-3-4-14-10(11(9)15)8(5-12)6-13-14/h6-7,9,11,15H,3-4H2,1-2H3. The predicted octanol–water partition coefficient (Wildman–Crippen LogP) is 1.46. The topological polar surface area (TPSA) is 61.8 Å². The van der Waals surface area contributed by atoms with Gasteiger partial charge in [0, 0.05) is 6.54 Å². The summed E-state index contributed by atoms with van der Waals surface area (Å²) >= 11 is 0. The number of hydrogen-bond donors (Lipinski definition) is 1. The van der Waals surface area contributed by atoms with Crippen molar-refractivity contribution in [3.05, 3.63) is 17.5 Å². The lowest BCUT2D eigenvalue weighted by Gasteiger charge is -2.31. The number of hydrogen-bond acceptors (Lipinski definition) is 3. The summed E-state index contributed by atoms with van der Waals surface area (Å²) in [5.41, 5.74) is 1.20. The van der Waals surface area contributed by atoms with Crippen LogP contribution in [0.3, 0.4) is 0 Å². The smallest absolute Gasteiger partial charge is 0.103 e. The minimum Gasteiger partial charge on any atom is -0.386 e. The van der Waals surface area contributed by atoms with Gasteiger partial charge in [-0.05, 0) is 18.3 Å². The number of fused-ring (bicyclic) bond motifs is 1. The van der Waals surface area contributed by atoms with Gasteiger partial charge in [0.1, 0.15) is 12.2 Å². The zero-order chi connectivity index (χ0) is 11.0. The van der Waals surface area contributed by atoms with Gasteiger partial charge in [0.2, 0.25) is 0 Å². The lowest BCUT2D eigenvalue weighted by atomic mass is 9.83. The summed E-state index contributed by atoms with van der Waals surface area (Å²) in [5.74, 6) is 0.663. The molecule has 0 saturated heterocycles. The Labute approximate surface area is 89.1 Å². The van der Waals surface area contributed by atoms with Crippen molar-refractivity contribution in [2.75, 3.05) is 0 Å². The molecule has 2 atom stereocenters. The molecule has 15 heavy (non-hydrogen) atoms. The molecule has 0 aromatic carbocycles. The minimum absolute atomic E-state index is 0.237. The SMILES string of the molecule is CC(C)C1CCn2ncc(C#N)c2C1O. The molecule has 4 nitrogen and oxygen atoms in total. The first-order valence-corrected chi connectivity index (χ1v) is 5.29. The summed E-state index contributed by atoms with van der Waals surface area (Å²) < 4.78 is 1.75. The zero-order valence-corrected chi connectivity index (χ0v) is 9.01. The molecule has 0 bridgehead atoms. The second-order valence-corrected chi connectivity index (χ2v) is 4.42. The van der Waals surface area contributed by atoms with E-state index in [9.17, 15) is 5.11 Å². The molecule has 1 aromatic rings. The van der Waals surface area contributed by atoms with Gasteiger partial charge < -0.3 is 5.11 Å². The van der Waals surface area contributed by atoms with Crippen LogP contribution in [0.2, 0.25) is 0 Å². The summed E-state index contributed by atoms with van der Waals surface area (Å²) in [6.45, 7) is 5.01. The maximum atomic E-state index is 10.2. The molecule has 2 heterocycles. The van der Waals surface area contributed by atoms with Crippen molar-refractivity contribution in [2.24, 2.45) is 11.8 Å². The quantitative estimate of drug-likeness (QED) is 0.755. The second-order valence-electron chi connectivity index (χ2n) is 4.42. The molecule has 0 fully saturated rings. The first-order chi connectivity index (χ1) is 7.15. The molecule has 2 rings (SSSR count). The molecule has 0 aliphatic carbocycles. The van der Waals surface area contributed by atoms with E-state index in [2.05, 4.69) is 25.0 Å². The Balaban J connectivity index is 2.40. The van der Waals surface area contributed by atoms with Gasteiger partial charge in [0.05, 0.1) is 17.5 Å². The third-order valence-electron chi connectivity index (χ3n) is 3.22. The van der Waals surface area contributed by atoms with Gasteiger partial charge in [-0.25, -0.2) is 0 Å². The largest absolute Gasteiger partial charge is 0.386 e. The molecule has 0 amide bonds. The Bertz CT molecular complexity index is 402. The fraction of sp³-hybridized carbons (Fsp3) is 0.636. The number of aliphatic hydroxyl groups excluding tert-OH is 1. The van der Waals surface area contributed by atoms with Gasteiger partial charge >= 0.3 is 0 Å². The molecule has 0 saturated carbocycles. The first kappa shape index (κ1) is 10.2. The van der Waals surface area contributed by atoms with Crippen molar-refractivity contribution >= 4 is 0 Å². The van der Waals surface area contributed by atoms with E-state index in [4.69, 9.17) is 5.26 Å². The fourth-order valence-corrected chi connectivity index (χ4v) is 2.30. The predicted molar refractivity (Wildman–Crippen MR) is 54.8 cm³/mol. The van der Waals surface area contributed by atoms with Crippen molar-refractivity contribution in [1.29, 1.82) is 5.26 Å². The summed E-state index contributed by atoms with van der Waals surface area (Å²) in [6.07, 6.45) is 1.93. The monoisotopic (exact) mass is 205 g/mol. The van der Waals surface area contributed by atoms with Crippen molar-refractivity contribution in [3.8, 4) is 6.07 Å². The van der Waals surface area contributed by atoms with E-state index in [1.807, 2.05) is 0 Å². The zero-order valence-electron chi connectivity index (χ0n) is 9.01. The molecule has 4 heteroatoms. The van der Waals surface area contributed by atoms with Crippen LogP contribution < -0.4 is 0 Å². The van der Waals surface area contributed by atoms with Crippen molar-refractivity contribution in [2.45, 2.75) is 32.9 Å². The number of nitrogens with zero attached hydrogens (tertiary/aromatic N) is 3. The van der Waals surface area contributed by atoms with Crippen LogP contribution in [-0.4, -0.2) is 14.9 Å². The summed E-state index contributed by atoms with van der Waals surface area (Å²) in [5, 5.41) is 23.2. The van der Waals surface area contributed by atoms with Crippen LogP contribution in [0.4, 0.5) is 0 Å². The maximum Gasteiger partial charge on any atom is 0.103 e. The molecule has 1 aliphatic heterocycles. The molecule has 0 spiro atoms. The van der Waals surface area contributed by atoms with E-state index in [-0.39, 0.29) is 5.92 Å². The van der Waals surface area contributed by atoms with E-state index < -0.39 is 6.10 Å². The molecular weight excluding hydrogens is 190 g/mol. The van der Waals surface area contributed by atoms with Gasteiger partial charge in [-0.1, -0.05) is 13.8 Å². The number of aliphatic hydroxyl groups is 1. The summed E-state index contributed by atoms with van der Waals surface area (Å²) in [6, 6.07) is 2.08. The second kappa shape index (κ2) is 3.67. The average molecular weight is 205 g/mol. The number of rotatable bonds is 1. The van der Waals surface area contributed by atoms with E-state index in [0.29, 0.717) is 17.2 Å². The van der Waals surface area contributed by atoms with E-state index >= 15 is 0 Å². The minimum atomic E-state index is -0.545. The Hall–Kier alpha value is -1.34. The number of aromatic nitrogens is 2. The highest BCUT2D eigenvalue weighted by Crippen LogP contribution is 2.36. The molecule has 1 aromatic heterocycles. The van der Waals surface area contributed by atoms with Crippen LogP contribution in [0.1, 0.15) is 37.6 Å². The third-order valence-corrected chi connectivity index (χ3v) is 3.22. The average Bonchev–Trinajstić information content (AvgIpc) is 2.61. The Morgan fingerprint density at radius 2 is 2.40 bits per heavy atom. The van der Waals surface area contributed by atoms with Crippen LogP contribution in [0, 0.1) is 23.2 Å². The van der Waals surface area contributed by atoms with Crippen LogP contribution in [-0.2, 0) is 6.54 Å². The molecular formula is C11H15N3O. The van der Waals surface area contributed by atoms with E-state index in [0.717, 1.165) is 13.0 Å². The Morgan fingerprint density at radius 3 is 3.00 bits per heavy atom. The highest BCUT2D eigenvalue weighted by atomic mass is 16.3. The van der Waals surface area contributed by atoms with Gasteiger partial charge in [-0.3, -0.25) is 4.68 Å². The Morgan fingerprint density at radius 1 is 1.67 bits per heavy atom. The van der Waals surface area contributed by atoms with Gasteiger partial charge in [-0.2, -0.15) is 10.4 Å². The van der Waals surface area contributed by atoms with Crippen molar-refractivity contribution < 1.29 is 5.11 Å². The summed E-state index contributed by atoms with van der Waals surface area (Å²) in [4.78, 5) is 0. The Kier molecular flexibility index (Phi) is 2.49.